The number of anilines is 1. The Hall–Kier alpha value is -2.67. The molecule has 0 saturated carbocycles. The fourth-order valence-electron chi connectivity index (χ4n) is 2.13. The van der Waals surface area contributed by atoms with Crippen molar-refractivity contribution in [3.63, 3.8) is 0 Å². The fraction of sp³-hybridized carbons (Fsp3) is 0.235. The molecule has 1 aromatic carbocycles. The number of nitrogens with one attached hydrogen (secondary N) is 1. The van der Waals surface area contributed by atoms with E-state index in [1.54, 1.807) is 24.6 Å². The molecule has 124 valence electrons. The highest BCUT2D eigenvalue weighted by Crippen LogP contribution is 2.29. The highest BCUT2D eigenvalue weighted by atomic mass is 32.1. The highest BCUT2D eigenvalue weighted by Gasteiger charge is 2.13. The van der Waals surface area contributed by atoms with E-state index < -0.39 is 5.63 Å². The number of fused-ring (bicyclic) bond motifs is 1. The van der Waals surface area contributed by atoms with Crippen LogP contribution in [0.3, 0.4) is 0 Å². The van der Waals surface area contributed by atoms with E-state index in [9.17, 15) is 4.79 Å². The molecule has 3 rings (SSSR count). The summed E-state index contributed by atoms with van der Waals surface area (Å²) in [4.78, 5) is 16.7. The van der Waals surface area contributed by atoms with E-state index in [0.29, 0.717) is 27.7 Å². The maximum absolute atomic E-state index is 12.3. The van der Waals surface area contributed by atoms with Gasteiger partial charge in [0.2, 0.25) is 5.13 Å². The molecule has 0 atom stereocenters. The van der Waals surface area contributed by atoms with Gasteiger partial charge in [0.05, 0.1) is 18.4 Å². The van der Waals surface area contributed by atoms with Gasteiger partial charge in [-0.2, -0.15) is 5.10 Å². The first kappa shape index (κ1) is 16.2. The Kier molecular flexibility index (Phi) is 4.61. The minimum Gasteiger partial charge on any atom is -0.493 e. The van der Waals surface area contributed by atoms with Crippen LogP contribution in [0.4, 0.5) is 5.13 Å². The van der Waals surface area contributed by atoms with Gasteiger partial charge >= 0.3 is 5.63 Å². The lowest BCUT2D eigenvalue weighted by Gasteiger charge is -2.04. The minimum absolute atomic E-state index is 0.413. The normalized spacial score (nSPS) is 11.7. The van der Waals surface area contributed by atoms with Gasteiger partial charge in [-0.1, -0.05) is 19.1 Å². The monoisotopic (exact) mass is 343 g/mol. The van der Waals surface area contributed by atoms with Crippen molar-refractivity contribution in [2.45, 2.75) is 20.3 Å². The van der Waals surface area contributed by atoms with E-state index in [-0.39, 0.29) is 0 Å². The Bertz CT molecular complexity index is 959. The zero-order chi connectivity index (χ0) is 17.1. The lowest BCUT2D eigenvalue weighted by Crippen LogP contribution is -2.03. The largest absolute Gasteiger partial charge is 0.493 e. The average Bonchev–Trinajstić information content (AvgIpc) is 3.07. The van der Waals surface area contributed by atoms with Crippen LogP contribution in [-0.4, -0.2) is 17.8 Å². The van der Waals surface area contributed by atoms with Gasteiger partial charge in [0, 0.05) is 16.5 Å². The van der Waals surface area contributed by atoms with E-state index in [2.05, 4.69) is 15.5 Å². The molecule has 0 aliphatic rings. The second-order valence-electron chi connectivity index (χ2n) is 5.18. The summed E-state index contributed by atoms with van der Waals surface area (Å²) in [5.74, 6) is 0.529. The van der Waals surface area contributed by atoms with Gasteiger partial charge in [-0.05, 0) is 25.5 Å². The summed E-state index contributed by atoms with van der Waals surface area (Å²) in [5, 5.41) is 7.43. The number of nitrogens with zero attached hydrogens (tertiary/aromatic N) is 2. The van der Waals surface area contributed by atoms with Crippen LogP contribution in [0.15, 0.2) is 44.0 Å². The number of para-hydroxylation sites is 1. The van der Waals surface area contributed by atoms with E-state index >= 15 is 0 Å². The van der Waals surface area contributed by atoms with Gasteiger partial charge in [-0.3, -0.25) is 5.43 Å². The standard InChI is InChI=1S/C17H17N3O3S/c1-4-10(2)19-20-17-18-13(9-24-17)12-8-11-6-5-7-14(22-3)15(11)23-16(12)21/h5-9H,4H2,1-3H3,(H,18,20). The molecule has 1 N–H and O–H groups in total. The van der Waals surface area contributed by atoms with Crippen LogP contribution >= 0.6 is 11.3 Å². The maximum Gasteiger partial charge on any atom is 0.345 e. The summed E-state index contributed by atoms with van der Waals surface area (Å²) in [6.07, 6.45) is 0.862. The van der Waals surface area contributed by atoms with E-state index in [1.165, 1.54) is 11.3 Å². The van der Waals surface area contributed by atoms with Crippen LogP contribution in [0.25, 0.3) is 22.2 Å². The van der Waals surface area contributed by atoms with Gasteiger partial charge in [0.1, 0.15) is 0 Å². The number of hydrogen-bond acceptors (Lipinski definition) is 7. The molecule has 7 heteroatoms. The van der Waals surface area contributed by atoms with Crippen molar-refractivity contribution in [3.8, 4) is 17.0 Å². The van der Waals surface area contributed by atoms with E-state index in [4.69, 9.17) is 9.15 Å². The number of thiazole rings is 1. The van der Waals surface area contributed by atoms with Crippen LogP contribution in [0.1, 0.15) is 20.3 Å². The second-order valence-corrected chi connectivity index (χ2v) is 6.03. The Morgan fingerprint density at radius 3 is 3.04 bits per heavy atom. The third-order valence-electron chi connectivity index (χ3n) is 3.58. The molecule has 0 unspecified atom stereocenters. The molecule has 2 heterocycles. The van der Waals surface area contributed by atoms with Crippen molar-refractivity contribution >= 4 is 33.1 Å². The molecule has 6 nitrogen and oxygen atoms in total. The maximum atomic E-state index is 12.3. The number of aromatic nitrogens is 1. The van der Waals surface area contributed by atoms with Crippen LogP contribution < -0.4 is 15.8 Å². The quantitative estimate of drug-likeness (QED) is 0.428. The Morgan fingerprint density at radius 1 is 1.46 bits per heavy atom. The van der Waals surface area contributed by atoms with Crippen LogP contribution in [-0.2, 0) is 0 Å². The molecule has 0 fully saturated rings. The number of ether oxygens (including phenoxy) is 1. The predicted molar refractivity (Wildman–Crippen MR) is 97.2 cm³/mol. The molecule has 0 radical (unpaired) electrons. The zero-order valence-corrected chi connectivity index (χ0v) is 14.4. The van der Waals surface area contributed by atoms with Crippen molar-refractivity contribution in [1.29, 1.82) is 0 Å². The molecule has 0 aliphatic carbocycles. The van der Waals surface area contributed by atoms with E-state index in [1.807, 2.05) is 26.0 Å². The summed E-state index contributed by atoms with van der Waals surface area (Å²) in [7, 11) is 1.54. The molecule has 24 heavy (non-hydrogen) atoms. The number of methoxy groups -OCH3 is 1. The first-order valence-corrected chi connectivity index (χ1v) is 8.36. The van der Waals surface area contributed by atoms with Gasteiger partial charge < -0.3 is 9.15 Å². The van der Waals surface area contributed by atoms with Crippen LogP contribution in [0.2, 0.25) is 0 Å². The zero-order valence-electron chi connectivity index (χ0n) is 13.6. The molecule has 0 amide bonds. The number of hydrogen-bond donors (Lipinski definition) is 1. The summed E-state index contributed by atoms with van der Waals surface area (Å²) >= 11 is 1.38. The van der Waals surface area contributed by atoms with Crippen LogP contribution in [0, 0.1) is 0 Å². The molecule has 2 aromatic heterocycles. The van der Waals surface area contributed by atoms with Gasteiger partial charge in [-0.15, -0.1) is 11.3 Å². The Labute approximate surface area is 142 Å². The Morgan fingerprint density at radius 2 is 2.29 bits per heavy atom. The third-order valence-corrected chi connectivity index (χ3v) is 4.32. The van der Waals surface area contributed by atoms with Crippen molar-refractivity contribution in [2.75, 3.05) is 12.5 Å². The predicted octanol–water partition coefficient (Wildman–Crippen LogP) is 4.12. The average molecular weight is 343 g/mol. The molecular weight excluding hydrogens is 326 g/mol. The van der Waals surface area contributed by atoms with Crippen LogP contribution in [0.5, 0.6) is 5.75 Å². The van der Waals surface area contributed by atoms with Crippen molar-refractivity contribution < 1.29 is 9.15 Å². The van der Waals surface area contributed by atoms with Crippen molar-refractivity contribution in [2.24, 2.45) is 5.10 Å². The lowest BCUT2D eigenvalue weighted by atomic mass is 10.1. The Balaban J connectivity index is 2.00. The first-order valence-electron chi connectivity index (χ1n) is 7.48. The molecule has 0 saturated heterocycles. The van der Waals surface area contributed by atoms with Gasteiger partial charge in [0.25, 0.3) is 0 Å². The SMILES string of the molecule is CCC(C)=NNc1nc(-c2cc3cccc(OC)c3oc2=O)cs1. The summed E-state index contributed by atoms with van der Waals surface area (Å²) < 4.78 is 10.7. The minimum atomic E-state index is -0.447. The summed E-state index contributed by atoms with van der Waals surface area (Å²) in [5.41, 5.74) is 4.84. The van der Waals surface area contributed by atoms with Crippen molar-refractivity contribution in [1.82, 2.24) is 4.98 Å². The number of benzene rings is 1. The van der Waals surface area contributed by atoms with Gasteiger partial charge in [0.15, 0.2) is 11.3 Å². The van der Waals surface area contributed by atoms with Gasteiger partial charge in [-0.25, -0.2) is 9.78 Å². The molecule has 3 aromatic rings. The topological polar surface area (TPSA) is 76.7 Å². The molecular formula is C17H17N3O3S. The first-order chi connectivity index (χ1) is 11.6. The highest BCUT2D eigenvalue weighted by molar-refractivity contribution is 7.14. The summed E-state index contributed by atoms with van der Waals surface area (Å²) in [6.45, 7) is 3.97. The number of hydrazone groups is 1. The van der Waals surface area contributed by atoms with E-state index in [0.717, 1.165) is 17.5 Å². The third kappa shape index (κ3) is 3.16. The molecule has 0 bridgehead atoms. The van der Waals surface area contributed by atoms with Crippen molar-refractivity contribution in [3.05, 3.63) is 40.1 Å². The fourth-order valence-corrected chi connectivity index (χ4v) is 2.78. The summed E-state index contributed by atoms with van der Waals surface area (Å²) in [6, 6.07) is 7.24. The molecule has 0 spiro atoms. The number of rotatable bonds is 5. The smallest absolute Gasteiger partial charge is 0.345 e. The second kappa shape index (κ2) is 6.84. The lowest BCUT2D eigenvalue weighted by molar-refractivity contribution is 0.407. The molecule has 0 aliphatic heterocycles.